The maximum atomic E-state index is 12.9. The SMILES string of the molecule is CN(C)c1cccc(C(=O)O[C@@H](C(=O)N2CCCC2)c2ccccc2)c1. The van der Waals surface area contributed by atoms with E-state index in [1.807, 2.05) is 61.5 Å². The highest BCUT2D eigenvalue weighted by Crippen LogP contribution is 2.25. The number of nitrogens with zero attached hydrogens (tertiary/aromatic N) is 2. The Labute approximate surface area is 154 Å². The van der Waals surface area contributed by atoms with Gasteiger partial charge in [-0.25, -0.2) is 4.79 Å². The molecule has 0 saturated carbocycles. The van der Waals surface area contributed by atoms with Crippen molar-refractivity contribution in [2.24, 2.45) is 0 Å². The molecular formula is C21H24N2O3. The molecule has 0 aromatic heterocycles. The fourth-order valence-electron chi connectivity index (χ4n) is 3.08. The van der Waals surface area contributed by atoms with Crippen molar-refractivity contribution >= 4 is 17.6 Å². The molecule has 1 aliphatic rings. The minimum atomic E-state index is -0.912. The maximum Gasteiger partial charge on any atom is 0.339 e. The molecule has 0 aliphatic carbocycles. The van der Waals surface area contributed by atoms with Crippen molar-refractivity contribution in [3.63, 3.8) is 0 Å². The van der Waals surface area contributed by atoms with Crippen LogP contribution in [0.15, 0.2) is 54.6 Å². The summed E-state index contributed by atoms with van der Waals surface area (Å²) in [4.78, 5) is 29.3. The van der Waals surface area contributed by atoms with Crippen LogP contribution in [0.1, 0.15) is 34.9 Å². The Morgan fingerprint density at radius 2 is 1.69 bits per heavy atom. The average molecular weight is 352 g/mol. The molecule has 3 rings (SSSR count). The van der Waals surface area contributed by atoms with Gasteiger partial charge in [0.05, 0.1) is 5.56 Å². The van der Waals surface area contributed by atoms with Crippen molar-refractivity contribution in [1.29, 1.82) is 0 Å². The van der Waals surface area contributed by atoms with E-state index in [4.69, 9.17) is 4.74 Å². The highest BCUT2D eigenvalue weighted by molar-refractivity contribution is 5.93. The molecule has 1 aliphatic heterocycles. The molecule has 1 heterocycles. The number of ether oxygens (including phenoxy) is 1. The summed E-state index contributed by atoms with van der Waals surface area (Å²) in [5, 5.41) is 0. The van der Waals surface area contributed by atoms with Crippen molar-refractivity contribution in [1.82, 2.24) is 4.90 Å². The van der Waals surface area contributed by atoms with Gasteiger partial charge in [0.1, 0.15) is 0 Å². The highest BCUT2D eigenvalue weighted by atomic mass is 16.5. The van der Waals surface area contributed by atoms with Gasteiger partial charge in [0.15, 0.2) is 0 Å². The third kappa shape index (κ3) is 4.04. The van der Waals surface area contributed by atoms with Gasteiger partial charge in [-0.1, -0.05) is 36.4 Å². The second-order valence-electron chi connectivity index (χ2n) is 6.67. The van der Waals surface area contributed by atoms with Gasteiger partial charge in [0, 0.05) is 38.4 Å². The van der Waals surface area contributed by atoms with Crippen molar-refractivity contribution in [3.8, 4) is 0 Å². The number of rotatable bonds is 5. The molecule has 136 valence electrons. The molecule has 1 amide bonds. The molecule has 0 radical (unpaired) electrons. The van der Waals surface area contributed by atoms with Gasteiger partial charge in [0.2, 0.25) is 6.10 Å². The summed E-state index contributed by atoms with van der Waals surface area (Å²) < 4.78 is 5.68. The number of carbonyl (C=O) groups excluding carboxylic acids is 2. The van der Waals surface area contributed by atoms with Crippen molar-refractivity contribution in [2.45, 2.75) is 18.9 Å². The van der Waals surface area contributed by atoms with Crippen LogP contribution in [0.4, 0.5) is 5.69 Å². The number of esters is 1. The summed E-state index contributed by atoms with van der Waals surface area (Å²) in [5.41, 5.74) is 2.04. The fraction of sp³-hybridized carbons (Fsp3) is 0.333. The Morgan fingerprint density at radius 1 is 1.00 bits per heavy atom. The molecule has 0 unspecified atom stereocenters. The van der Waals surface area contributed by atoms with E-state index in [0.29, 0.717) is 11.1 Å². The van der Waals surface area contributed by atoms with Crippen LogP contribution < -0.4 is 4.90 Å². The number of anilines is 1. The molecule has 1 atom stereocenters. The van der Waals surface area contributed by atoms with Crippen LogP contribution in [-0.2, 0) is 9.53 Å². The largest absolute Gasteiger partial charge is 0.444 e. The average Bonchev–Trinajstić information content (AvgIpc) is 3.21. The molecular weight excluding hydrogens is 328 g/mol. The molecule has 1 saturated heterocycles. The van der Waals surface area contributed by atoms with Gasteiger partial charge in [-0.05, 0) is 31.0 Å². The van der Waals surface area contributed by atoms with Crippen molar-refractivity contribution in [2.75, 3.05) is 32.1 Å². The Balaban J connectivity index is 1.84. The van der Waals surface area contributed by atoms with Gasteiger partial charge in [-0.2, -0.15) is 0 Å². The summed E-state index contributed by atoms with van der Waals surface area (Å²) in [7, 11) is 3.82. The normalized spacial score (nSPS) is 14.8. The van der Waals surface area contributed by atoms with Crippen LogP contribution in [0.5, 0.6) is 0 Å². The summed E-state index contributed by atoms with van der Waals surface area (Å²) in [6.45, 7) is 1.44. The van der Waals surface area contributed by atoms with Crippen molar-refractivity contribution in [3.05, 3.63) is 65.7 Å². The molecule has 5 heteroatoms. The summed E-state index contributed by atoms with van der Waals surface area (Å²) >= 11 is 0. The molecule has 2 aromatic carbocycles. The molecule has 0 N–H and O–H groups in total. The molecule has 1 fully saturated rings. The van der Waals surface area contributed by atoms with Crippen LogP contribution in [-0.4, -0.2) is 44.0 Å². The van der Waals surface area contributed by atoms with Gasteiger partial charge < -0.3 is 14.5 Å². The van der Waals surface area contributed by atoms with Crippen LogP contribution in [0.3, 0.4) is 0 Å². The molecule has 2 aromatic rings. The third-order valence-corrected chi connectivity index (χ3v) is 4.57. The summed E-state index contributed by atoms with van der Waals surface area (Å²) in [6, 6.07) is 16.4. The number of hydrogen-bond acceptors (Lipinski definition) is 4. The van der Waals surface area contributed by atoms with E-state index < -0.39 is 12.1 Å². The first-order valence-corrected chi connectivity index (χ1v) is 8.88. The lowest BCUT2D eigenvalue weighted by molar-refractivity contribution is -0.140. The smallest absolute Gasteiger partial charge is 0.339 e. The zero-order valence-corrected chi connectivity index (χ0v) is 15.2. The van der Waals surface area contributed by atoms with Crippen molar-refractivity contribution < 1.29 is 14.3 Å². The number of amides is 1. The quantitative estimate of drug-likeness (QED) is 0.775. The van der Waals surface area contributed by atoms with Crippen LogP contribution in [0, 0.1) is 0 Å². The van der Waals surface area contributed by atoms with Gasteiger partial charge in [0.25, 0.3) is 5.91 Å². The summed E-state index contributed by atoms with van der Waals surface area (Å²) in [5.74, 6) is -0.638. The Kier molecular flexibility index (Phi) is 5.56. The second kappa shape index (κ2) is 8.04. The topological polar surface area (TPSA) is 49.9 Å². The Hall–Kier alpha value is -2.82. The second-order valence-corrected chi connectivity index (χ2v) is 6.67. The van der Waals surface area contributed by atoms with Crippen LogP contribution in [0.25, 0.3) is 0 Å². The zero-order valence-electron chi connectivity index (χ0n) is 15.2. The molecule has 0 bridgehead atoms. The lowest BCUT2D eigenvalue weighted by atomic mass is 10.1. The molecule has 0 spiro atoms. The number of carbonyl (C=O) groups is 2. The number of likely N-dealkylation sites (tertiary alicyclic amines) is 1. The van der Waals surface area contributed by atoms with E-state index in [9.17, 15) is 9.59 Å². The third-order valence-electron chi connectivity index (χ3n) is 4.57. The lowest BCUT2D eigenvalue weighted by Crippen LogP contribution is -2.34. The monoisotopic (exact) mass is 352 g/mol. The minimum Gasteiger partial charge on any atom is -0.444 e. The van der Waals surface area contributed by atoms with E-state index in [-0.39, 0.29) is 5.91 Å². The van der Waals surface area contributed by atoms with Gasteiger partial charge >= 0.3 is 5.97 Å². The standard InChI is InChI=1S/C21H24N2O3/c1-22(2)18-12-8-11-17(15-18)21(25)26-19(16-9-4-3-5-10-16)20(24)23-13-6-7-14-23/h3-5,8-12,15,19H,6-7,13-14H2,1-2H3/t19-/m1/s1. The maximum absolute atomic E-state index is 12.9. The van der Waals surface area contributed by atoms with E-state index in [1.54, 1.807) is 17.0 Å². The van der Waals surface area contributed by atoms with E-state index in [0.717, 1.165) is 31.6 Å². The summed E-state index contributed by atoms with van der Waals surface area (Å²) in [6.07, 6.45) is 1.07. The zero-order chi connectivity index (χ0) is 18.5. The van der Waals surface area contributed by atoms with E-state index in [1.165, 1.54) is 0 Å². The van der Waals surface area contributed by atoms with Crippen LogP contribution >= 0.6 is 0 Å². The Morgan fingerprint density at radius 3 is 2.35 bits per heavy atom. The first-order chi connectivity index (χ1) is 12.6. The molecule has 26 heavy (non-hydrogen) atoms. The van der Waals surface area contributed by atoms with Gasteiger partial charge in [-0.15, -0.1) is 0 Å². The first-order valence-electron chi connectivity index (χ1n) is 8.88. The van der Waals surface area contributed by atoms with Crippen LogP contribution in [0.2, 0.25) is 0 Å². The lowest BCUT2D eigenvalue weighted by Gasteiger charge is -2.23. The predicted molar refractivity (Wildman–Crippen MR) is 101 cm³/mol. The van der Waals surface area contributed by atoms with E-state index in [2.05, 4.69) is 0 Å². The molecule has 5 nitrogen and oxygen atoms in total. The predicted octanol–water partition coefficient (Wildman–Crippen LogP) is 3.27. The Bertz CT molecular complexity index is 768. The first kappa shape index (κ1) is 18.0. The highest BCUT2D eigenvalue weighted by Gasteiger charge is 2.31. The van der Waals surface area contributed by atoms with Gasteiger partial charge in [-0.3, -0.25) is 4.79 Å². The van der Waals surface area contributed by atoms with E-state index >= 15 is 0 Å². The number of benzene rings is 2. The fourth-order valence-corrected chi connectivity index (χ4v) is 3.08. The minimum absolute atomic E-state index is 0.147. The number of hydrogen-bond donors (Lipinski definition) is 0.